The first kappa shape index (κ1) is 33.0. The van der Waals surface area contributed by atoms with Gasteiger partial charge in [-0.05, 0) is 54.3 Å². The summed E-state index contributed by atoms with van der Waals surface area (Å²) in [6.45, 7) is -0.452. The predicted molar refractivity (Wildman–Crippen MR) is 180 cm³/mol. The molecule has 0 unspecified atom stereocenters. The number of anilines is 1. The van der Waals surface area contributed by atoms with Gasteiger partial charge in [0.25, 0.3) is 10.0 Å². The zero-order chi connectivity index (χ0) is 32.5. The molecule has 1 N–H and O–H groups in total. The summed E-state index contributed by atoms with van der Waals surface area (Å²) in [4.78, 5) is 30.2. The van der Waals surface area contributed by atoms with Gasteiger partial charge in [0.2, 0.25) is 11.8 Å². The highest BCUT2D eigenvalue weighted by molar-refractivity contribution is 7.92. The number of carbonyl (C=O) groups excluding carboxylic acids is 2. The first-order chi connectivity index (χ1) is 22.3. The highest BCUT2D eigenvalue weighted by Crippen LogP contribution is 2.32. The third-order valence-electron chi connectivity index (χ3n) is 8.20. The van der Waals surface area contributed by atoms with Crippen LogP contribution in [0.2, 0.25) is 5.02 Å². The third-order valence-corrected chi connectivity index (χ3v) is 10.3. The number of carbonyl (C=O) groups is 2. The second-order valence-electron chi connectivity index (χ2n) is 11.3. The van der Waals surface area contributed by atoms with Crippen LogP contribution < -0.4 is 14.4 Å². The van der Waals surface area contributed by atoms with Crippen LogP contribution in [0.15, 0.2) is 114 Å². The van der Waals surface area contributed by atoms with Crippen molar-refractivity contribution in [1.29, 1.82) is 0 Å². The van der Waals surface area contributed by atoms with Crippen molar-refractivity contribution in [3.05, 3.63) is 125 Å². The molecule has 240 valence electrons. The summed E-state index contributed by atoms with van der Waals surface area (Å²) in [5, 5.41) is 3.38. The molecule has 1 aliphatic carbocycles. The molecule has 1 fully saturated rings. The van der Waals surface area contributed by atoms with E-state index in [1.54, 1.807) is 30.3 Å². The normalized spacial score (nSPS) is 14.0. The Kier molecular flexibility index (Phi) is 11.0. The van der Waals surface area contributed by atoms with Gasteiger partial charge in [0.15, 0.2) is 0 Å². The van der Waals surface area contributed by atoms with Gasteiger partial charge in [-0.15, -0.1) is 0 Å². The molecule has 0 radical (unpaired) electrons. The Morgan fingerprint density at radius 2 is 1.46 bits per heavy atom. The zero-order valence-electron chi connectivity index (χ0n) is 25.7. The highest BCUT2D eigenvalue weighted by atomic mass is 35.5. The Hall–Kier alpha value is -4.34. The van der Waals surface area contributed by atoms with Crippen molar-refractivity contribution >= 4 is 39.1 Å². The topological polar surface area (TPSA) is 96.0 Å². The van der Waals surface area contributed by atoms with Gasteiger partial charge in [-0.1, -0.05) is 103 Å². The van der Waals surface area contributed by atoms with Gasteiger partial charge in [-0.3, -0.25) is 13.9 Å². The lowest BCUT2D eigenvalue weighted by Crippen LogP contribution is -2.54. The number of amides is 2. The zero-order valence-corrected chi connectivity index (χ0v) is 27.3. The lowest BCUT2D eigenvalue weighted by molar-refractivity contribution is -0.140. The molecular weight excluding hydrogens is 622 g/mol. The highest BCUT2D eigenvalue weighted by Gasteiger charge is 2.35. The van der Waals surface area contributed by atoms with Gasteiger partial charge in [0.05, 0.1) is 22.7 Å². The quantitative estimate of drug-likeness (QED) is 0.183. The fourth-order valence-corrected chi connectivity index (χ4v) is 7.44. The van der Waals surface area contributed by atoms with Crippen LogP contribution in [0.25, 0.3) is 0 Å². The number of halogens is 1. The van der Waals surface area contributed by atoms with E-state index in [9.17, 15) is 18.0 Å². The molecule has 4 aromatic carbocycles. The van der Waals surface area contributed by atoms with Crippen LogP contribution in [0.3, 0.4) is 0 Å². The van der Waals surface area contributed by atoms with Gasteiger partial charge in [-0.25, -0.2) is 8.42 Å². The fourth-order valence-electron chi connectivity index (χ4n) is 5.76. The summed E-state index contributed by atoms with van der Waals surface area (Å²) in [5.41, 5.74) is 1.89. The molecule has 0 aromatic heterocycles. The maximum Gasteiger partial charge on any atom is 0.264 e. The largest absolute Gasteiger partial charge is 0.495 e. The maximum atomic E-state index is 14.6. The molecule has 1 saturated carbocycles. The van der Waals surface area contributed by atoms with Crippen LogP contribution in [-0.2, 0) is 32.6 Å². The van der Waals surface area contributed by atoms with Crippen molar-refractivity contribution in [2.45, 2.75) is 55.6 Å². The van der Waals surface area contributed by atoms with Crippen molar-refractivity contribution in [2.75, 3.05) is 18.0 Å². The van der Waals surface area contributed by atoms with Crippen LogP contribution in [0.4, 0.5) is 5.69 Å². The molecule has 2 amide bonds. The minimum absolute atomic E-state index is 0.0177. The molecule has 1 atom stereocenters. The summed E-state index contributed by atoms with van der Waals surface area (Å²) in [6, 6.07) is 30.6. The van der Waals surface area contributed by atoms with E-state index in [4.69, 9.17) is 16.3 Å². The number of hydrogen-bond acceptors (Lipinski definition) is 5. The van der Waals surface area contributed by atoms with E-state index in [-0.39, 0.29) is 40.5 Å². The molecule has 0 spiro atoms. The monoisotopic (exact) mass is 659 g/mol. The molecule has 10 heteroatoms. The average molecular weight is 660 g/mol. The Morgan fingerprint density at radius 1 is 0.870 bits per heavy atom. The van der Waals surface area contributed by atoms with E-state index in [2.05, 4.69) is 5.32 Å². The SMILES string of the molecule is COc1ccc(N(CC(=O)N(Cc2ccccc2)[C@@H](Cc2ccccc2)C(=O)NC2CCCC2)S(=O)(=O)c2ccccc2)cc1Cl. The van der Waals surface area contributed by atoms with E-state index in [1.165, 1.54) is 30.2 Å². The number of methoxy groups -OCH3 is 1. The molecule has 0 heterocycles. The van der Waals surface area contributed by atoms with E-state index in [0.29, 0.717) is 5.75 Å². The van der Waals surface area contributed by atoms with Crippen molar-refractivity contribution in [3.63, 3.8) is 0 Å². The molecule has 0 aliphatic heterocycles. The second kappa shape index (κ2) is 15.3. The molecule has 1 aliphatic rings. The van der Waals surface area contributed by atoms with Crippen molar-refractivity contribution < 1.29 is 22.7 Å². The van der Waals surface area contributed by atoms with Gasteiger partial charge >= 0.3 is 0 Å². The van der Waals surface area contributed by atoms with Crippen LogP contribution in [0.5, 0.6) is 5.75 Å². The number of hydrogen-bond donors (Lipinski definition) is 1. The molecular formula is C36H38ClN3O5S. The van der Waals surface area contributed by atoms with Crippen molar-refractivity contribution in [1.82, 2.24) is 10.2 Å². The minimum atomic E-state index is -4.23. The summed E-state index contributed by atoms with van der Waals surface area (Å²) >= 11 is 6.44. The molecule has 5 rings (SSSR count). The molecule has 4 aromatic rings. The number of sulfonamides is 1. The third kappa shape index (κ3) is 8.08. The van der Waals surface area contributed by atoms with Crippen LogP contribution in [0, 0.1) is 0 Å². The van der Waals surface area contributed by atoms with Gasteiger partial charge < -0.3 is 15.0 Å². The summed E-state index contributed by atoms with van der Waals surface area (Å²) in [7, 11) is -2.76. The predicted octanol–water partition coefficient (Wildman–Crippen LogP) is 6.24. The lowest BCUT2D eigenvalue weighted by Gasteiger charge is -2.34. The number of rotatable bonds is 13. The van der Waals surface area contributed by atoms with Crippen LogP contribution >= 0.6 is 11.6 Å². The van der Waals surface area contributed by atoms with Gasteiger partial charge in [0, 0.05) is 19.0 Å². The lowest BCUT2D eigenvalue weighted by atomic mass is 10.0. The first-order valence-electron chi connectivity index (χ1n) is 15.4. The van der Waals surface area contributed by atoms with Crippen molar-refractivity contribution in [2.24, 2.45) is 0 Å². The average Bonchev–Trinajstić information content (AvgIpc) is 3.59. The smallest absolute Gasteiger partial charge is 0.264 e. The summed E-state index contributed by atoms with van der Waals surface area (Å²) in [5.74, 6) is -0.422. The Balaban J connectivity index is 1.56. The molecule has 8 nitrogen and oxygen atoms in total. The Bertz CT molecular complexity index is 1720. The van der Waals surface area contributed by atoms with E-state index in [0.717, 1.165) is 41.1 Å². The standard InChI is InChI=1S/C36H38ClN3O5S/c1-45-34-22-21-30(24-32(34)37)40(46(43,44)31-19-9-4-10-20-31)26-35(41)39(25-28-15-7-3-8-16-28)33(23-27-13-5-2-6-14-27)36(42)38-29-17-11-12-18-29/h2-10,13-16,19-22,24,29,33H,11-12,17-18,23,25-26H2,1H3,(H,38,42)/t33-/m0/s1. The number of nitrogens with one attached hydrogen (secondary N) is 1. The number of benzene rings is 4. The van der Waals surface area contributed by atoms with Gasteiger partial charge in [-0.2, -0.15) is 0 Å². The number of ether oxygens (including phenoxy) is 1. The number of nitrogens with zero attached hydrogens (tertiary/aromatic N) is 2. The fraction of sp³-hybridized carbons (Fsp3) is 0.278. The Labute approximate surface area is 276 Å². The van der Waals surface area contributed by atoms with E-state index < -0.39 is 28.5 Å². The molecule has 0 saturated heterocycles. The Morgan fingerprint density at radius 3 is 2.04 bits per heavy atom. The van der Waals surface area contributed by atoms with Gasteiger partial charge in [0.1, 0.15) is 18.3 Å². The van der Waals surface area contributed by atoms with Crippen molar-refractivity contribution in [3.8, 4) is 5.75 Å². The van der Waals surface area contributed by atoms with Crippen LogP contribution in [-0.4, -0.2) is 50.9 Å². The van der Waals surface area contributed by atoms with E-state index >= 15 is 0 Å². The molecule has 0 bridgehead atoms. The van der Waals surface area contributed by atoms with Crippen LogP contribution in [0.1, 0.15) is 36.8 Å². The second-order valence-corrected chi connectivity index (χ2v) is 13.6. The maximum absolute atomic E-state index is 14.6. The minimum Gasteiger partial charge on any atom is -0.495 e. The molecule has 46 heavy (non-hydrogen) atoms. The first-order valence-corrected chi connectivity index (χ1v) is 17.2. The van der Waals surface area contributed by atoms with E-state index in [1.807, 2.05) is 60.7 Å². The summed E-state index contributed by atoms with van der Waals surface area (Å²) in [6.07, 6.45) is 4.11. The summed E-state index contributed by atoms with van der Waals surface area (Å²) < 4.78 is 34.6.